The van der Waals surface area contributed by atoms with E-state index in [9.17, 15) is 10.5 Å². The molecule has 0 saturated heterocycles. The molecule has 7 heteroatoms. The molecule has 1 spiro atoms. The fourth-order valence-electron chi connectivity index (χ4n) is 9.48. The van der Waals surface area contributed by atoms with E-state index in [-0.39, 0.29) is 0 Å². The molecule has 1 aliphatic carbocycles. The number of pyridine rings is 2. The van der Waals surface area contributed by atoms with Gasteiger partial charge in [0.15, 0.2) is 0 Å². The first-order chi connectivity index (χ1) is 27.7. The Morgan fingerprint density at radius 1 is 0.464 bits per heavy atom. The number of nitriles is 2. The van der Waals surface area contributed by atoms with Gasteiger partial charge in [-0.3, -0.25) is 9.97 Å². The van der Waals surface area contributed by atoms with E-state index in [0.717, 1.165) is 77.5 Å². The van der Waals surface area contributed by atoms with Crippen LogP contribution in [0.15, 0.2) is 168 Å². The van der Waals surface area contributed by atoms with Gasteiger partial charge < -0.3 is 9.13 Å². The van der Waals surface area contributed by atoms with Gasteiger partial charge in [-0.05, 0) is 102 Å². The second-order valence-corrected chi connectivity index (χ2v) is 15.5. The maximum Gasteiger partial charge on any atom is 0.0991 e. The average molecular weight is 731 g/mol. The minimum absolute atomic E-state index is 0.630. The predicted molar refractivity (Wildman–Crippen MR) is 222 cm³/mol. The third-order valence-corrected chi connectivity index (χ3v) is 12.9. The highest BCUT2D eigenvalue weighted by Crippen LogP contribution is 2.62. The molecule has 0 amide bonds. The SMILES string of the molecule is N#Cc1ccc2c(c1)c1ccccc1n2-c1ccc2c(c1)C1(c3ccccc3S2)c2cccnc2-c2ncc(-n3c4ccccc4c4cc(C#N)ccc43)cc21. The zero-order valence-corrected chi connectivity index (χ0v) is 30.4. The van der Waals surface area contributed by atoms with E-state index in [4.69, 9.17) is 9.97 Å². The van der Waals surface area contributed by atoms with Gasteiger partial charge in [0.25, 0.3) is 0 Å². The van der Waals surface area contributed by atoms with Gasteiger partial charge in [-0.1, -0.05) is 72.4 Å². The molecule has 1 aliphatic heterocycles. The smallest absolute Gasteiger partial charge is 0.0991 e. The summed E-state index contributed by atoms with van der Waals surface area (Å²) in [6.07, 6.45) is 3.83. The molecule has 12 rings (SSSR count). The second-order valence-electron chi connectivity index (χ2n) is 14.4. The first-order valence-electron chi connectivity index (χ1n) is 18.4. The molecule has 4 aromatic heterocycles. The van der Waals surface area contributed by atoms with Gasteiger partial charge in [0, 0.05) is 48.8 Å². The Bertz CT molecular complexity index is 3450. The molecule has 10 aromatic rings. The molecule has 6 nitrogen and oxygen atoms in total. The summed E-state index contributed by atoms with van der Waals surface area (Å²) in [5, 5.41) is 23.9. The minimum atomic E-state index is -0.728. The van der Waals surface area contributed by atoms with Crippen molar-refractivity contribution in [2.75, 3.05) is 0 Å². The van der Waals surface area contributed by atoms with Gasteiger partial charge in [0.1, 0.15) is 0 Å². The third kappa shape index (κ3) is 3.94. The summed E-state index contributed by atoms with van der Waals surface area (Å²) < 4.78 is 4.60. The zero-order chi connectivity index (χ0) is 37.1. The van der Waals surface area contributed by atoms with Crippen molar-refractivity contribution in [3.05, 3.63) is 191 Å². The molecule has 0 fully saturated rings. The first-order valence-corrected chi connectivity index (χ1v) is 19.2. The molecule has 6 aromatic carbocycles. The Kier molecular flexibility index (Phi) is 6.24. The van der Waals surface area contributed by atoms with Gasteiger partial charge in [0.2, 0.25) is 0 Å². The summed E-state index contributed by atoms with van der Waals surface area (Å²) in [7, 11) is 0. The molecular weight excluding hydrogens is 705 g/mol. The topological polar surface area (TPSA) is 83.2 Å². The summed E-state index contributed by atoms with van der Waals surface area (Å²) in [4.78, 5) is 12.7. The van der Waals surface area contributed by atoms with Crippen LogP contribution < -0.4 is 0 Å². The molecule has 5 heterocycles. The number of hydrogen-bond acceptors (Lipinski definition) is 5. The molecule has 0 N–H and O–H groups in total. The van der Waals surface area contributed by atoms with E-state index in [0.29, 0.717) is 11.1 Å². The Balaban J connectivity index is 1.18. The highest BCUT2D eigenvalue weighted by Gasteiger charge is 2.52. The second kappa shape index (κ2) is 11.3. The largest absolute Gasteiger partial charge is 0.309 e. The standard InChI is InChI=1S/C49H26N6S/c50-26-29-15-18-43-35(22-29)33-8-1-4-12-41(33)54(43)31-17-20-46-39(24-31)49(37-10-3-6-14-45(37)56-46)38-11-7-21-52-47(38)48-40(49)25-32(28-53-48)55-42-13-5-2-9-34(42)36-23-30(27-51)16-19-44(36)55/h1-25,28H. The number of para-hydroxylation sites is 2. The summed E-state index contributed by atoms with van der Waals surface area (Å²) in [6.45, 7) is 0. The van der Waals surface area contributed by atoms with E-state index in [1.54, 1.807) is 11.8 Å². The van der Waals surface area contributed by atoms with E-state index in [1.165, 1.54) is 20.9 Å². The normalized spacial score (nSPS) is 15.1. The molecule has 2 aliphatic rings. The quantitative estimate of drug-likeness (QED) is 0.177. The van der Waals surface area contributed by atoms with Crippen LogP contribution in [0.25, 0.3) is 66.4 Å². The average Bonchev–Trinajstić information content (AvgIpc) is 3.87. The van der Waals surface area contributed by atoms with Crippen LogP contribution in [0.2, 0.25) is 0 Å². The molecule has 56 heavy (non-hydrogen) atoms. The number of nitrogens with zero attached hydrogens (tertiary/aromatic N) is 6. The highest BCUT2D eigenvalue weighted by molar-refractivity contribution is 7.99. The molecular formula is C49H26N6S. The maximum atomic E-state index is 9.81. The predicted octanol–water partition coefficient (Wildman–Crippen LogP) is 11.2. The number of rotatable bonds is 2. The number of aromatic nitrogens is 4. The van der Waals surface area contributed by atoms with Gasteiger partial charge >= 0.3 is 0 Å². The van der Waals surface area contributed by atoms with Crippen LogP contribution in [0.1, 0.15) is 33.4 Å². The molecule has 0 radical (unpaired) electrons. The van der Waals surface area contributed by atoms with Crippen molar-refractivity contribution in [2.45, 2.75) is 15.2 Å². The fraction of sp³-hybridized carbons (Fsp3) is 0.0204. The van der Waals surface area contributed by atoms with Crippen LogP contribution in [0.4, 0.5) is 0 Å². The van der Waals surface area contributed by atoms with Crippen LogP contribution >= 0.6 is 11.8 Å². The van der Waals surface area contributed by atoms with Crippen LogP contribution in [0, 0.1) is 22.7 Å². The lowest BCUT2D eigenvalue weighted by Crippen LogP contribution is -2.32. The summed E-state index contributed by atoms with van der Waals surface area (Å²) in [6, 6.07) is 55.6. The maximum absolute atomic E-state index is 9.81. The molecule has 1 unspecified atom stereocenters. The lowest BCUT2D eigenvalue weighted by Gasteiger charge is -2.39. The Morgan fingerprint density at radius 2 is 1.04 bits per heavy atom. The van der Waals surface area contributed by atoms with Crippen molar-refractivity contribution in [2.24, 2.45) is 0 Å². The number of fused-ring (bicyclic) bond motifs is 15. The van der Waals surface area contributed by atoms with Crippen molar-refractivity contribution >= 4 is 55.4 Å². The number of hydrogen-bond donors (Lipinski definition) is 0. The Labute approximate surface area is 325 Å². The van der Waals surface area contributed by atoms with Crippen LogP contribution in [0.3, 0.4) is 0 Å². The van der Waals surface area contributed by atoms with Gasteiger partial charge in [0.05, 0.1) is 74.0 Å². The van der Waals surface area contributed by atoms with E-state index < -0.39 is 5.41 Å². The number of benzene rings is 6. The fourth-order valence-corrected chi connectivity index (χ4v) is 10.7. The van der Waals surface area contributed by atoms with Crippen LogP contribution in [-0.2, 0) is 5.41 Å². The van der Waals surface area contributed by atoms with Gasteiger partial charge in [-0.25, -0.2) is 0 Å². The van der Waals surface area contributed by atoms with Crippen molar-refractivity contribution in [1.29, 1.82) is 10.5 Å². The first kappa shape index (κ1) is 31.0. The van der Waals surface area contributed by atoms with Crippen LogP contribution in [-0.4, -0.2) is 19.1 Å². The van der Waals surface area contributed by atoms with Crippen molar-refractivity contribution in [1.82, 2.24) is 19.1 Å². The van der Waals surface area contributed by atoms with Crippen molar-refractivity contribution in [3.8, 4) is 34.9 Å². The monoisotopic (exact) mass is 730 g/mol. The van der Waals surface area contributed by atoms with Crippen molar-refractivity contribution in [3.63, 3.8) is 0 Å². The summed E-state index contributed by atoms with van der Waals surface area (Å²) >= 11 is 1.80. The van der Waals surface area contributed by atoms with Crippen molar-refractivity contribution < 1.29 is 0 Å². The summed E-state index contributed by atoms with van der Waals surface area (Å²) in [5.74, 6) is 0. The lowest BCUT2D eigenvalue weighted by atomic mass is 9.67. The van der Waals surface area contributed by atoms with E-state index in [2.05, 4.69) is 124 Å². The Hall–Kier alpha value is -7.45. The minimum Gasteiger partial charge on any atom is -0.309 e. The third-order valence-electron chi connectivity index (χ3n) is 11.7. The molecule has 1 atom stereocenters. The summed E-state index contributed by atoms with van der Waals surface area (Å²) in [5.41, 5.74) is 13.0. The highest BCUT2D eigenvalue weighted by atomic mass is 32.2. The molecule has 0 bridgehead atoms. The van der Waals surface area contributed by atoms with Gasteiger partial charge in [-0.15, -0.1) is 0 Å². The van der Waals surface area contributed by atoms with E-state index in [1.807, 2.05) is 54.9 Å². The van der Waals surface area contributed by atoms with Crippen LogP contribution in [0.5, 0.6) is 0 Å². The molecule has 0 saturated carbocycles. The Morgan fingerprint density at radius 3 is 1.75 bits per heavy atom. The molecule has 258 valence electrons. The van der Waals surface area contributed by atoms with E-state index >= 15 is 0 Å². The lowest BCUT2D eigenvalue weighted by molar-refractivity contribution is 0.717. The zero-order valence-electron chi connectivity index (χ0n) is 29.6. The van der Waals surface area contributed by atoms with Gasteiger partial charge in [-0.2, -0.15) is 10.5 Å².